The number of aliphatic hydroxyl groups excluding tert-OH is 1. The van der Waals surface area contributed by atoms with Crippen LogP contribution in [0.3, 0.4) is 0 Å². The molecule has 0 radical (unpaired) electrons. The van der Waals surface area contributed by atoms with Crippen LogP contribution in [0.2, 0.25) is 0 Å². The first-order chi connectivity index (χ1) is 22.3. The summed E-state index contributed by atoms with van der Waals surface area (Å²) in [4.78, 5) is 40.7. The second-order valence-electron chi connectivity index (χ2n) is 12.4. The number of nitrogens with one attached hydrogen (secondary N) is 2. The van der Waals surface area contributed by atoms with Gasteiger partial charge in [0.25, 0.3) is 0 Å². The number of hydrogen-bond acceptors (Lipinski definition) is 7. The molecule has 4 atom stereocenters. The molecule has 3 amide bonds. The van der Waals surface area contributed by atoms with Crippen molar-refractivity contribution in [2.24, 2.45) is 5.73 Å². The number of amides is 3. The molecule has 5 N–H and O–H groups in total. The molecule has 47 heavy (non-hydrogen) atoms. The minimum atomic E-state index is -3.89. The molecule has 3 rings (SSSR count). The van der Waals surface area contributed by atoms with Crippen LogP contribution in [-0.4, -0.2) is 77.9 Å². The van der Waals surface area contributed by atoms with Crippen LogP contribution in [0.5, 0.6) is 0 Å². The predicted molar refractivity (Wildman–Crippen MR) is 176 cm³/mol. The van der Waals surface area contributed by atoms with Crippen LogP contribution >= 0.6 is 0 Å². The molecule has 1 saturated heterocycles. The number of carbonyl (C=O) groups is 3. The zero-order chi connectivity index (χ0) is 34.7. The van der Waals surface area contributed by atoms with Crippen molar-refractivity contribution >= 4 is 27.6 Å². The monoisotopic (exact) mass is 678 g/mol. The Morgan fingerprint density at radius 1 is 1.04 bits per heavy atom. The molecule has 2 aromatic carbocycles. The Balaban J connectivity index is 1.96. The number of benzene rings is 2. The highest BCUT2D eigenvalue weighted by Gasteiger charge is 2.37. The summed E-state index contributed by atoms with van der Waals surface area (Å²) in [7, 11) is -3.89. The smallest absolute Gasteiger partial charge is 0.246 e. The van der Waals surface area contributed by atoms with Crippen molar-refractivity contribution in [1.29, 1.82) is 0 Å². The van der Waals surface area contributed by atoms with Crippen molar-refractivity contribution in [3.63, 3.8) is 0 Å². The molecule has 260 valence electrons. The van der Waals surface area contributed by atoms with Crippen LogP contribution in [0.15, 0.2) is 42.5 Å². The summed E-state index contributed by atoms with van der Waals surface area (Å²) >= 11 is 0. The largest absolute Gasteiger partial charge is 0.390 e. The third-order valence-electron chi connectivity index (χ3n) is 8.43. The number of aliphatic hydroxyl groups is 1. The minimum Gasteiger partial charge on any atom is -0.390 e. The summed E-state index contributed by atoms with van der Waals surface area (Å²) in [6.07, 6.45) is 1.59. The molecule has 2 aromatic rings. The van der Waals surface area contributed by atoms with Crippen molar-refractivity contribution < 1.29 is 36.7 Å². The van der Waals surface area contributed by atoms with Gasteiger partial charge < -0.3 is 26.4 Å². The van der Waals surface area contributed by atoms with Gasteiger partial charge in [-0.3, -0.25) is 14.4 Å². The van der Waals surface area contributed by atoms with Gasteiger partial charge in [-0.05, 0) is 60.9 Å². The summed E-state index contributed by atoms with van der Waals surface area (Å²) in [5.74, 6) is -4.00. The lowest BCUT2D eigenvalue weighted by atomic mass is 10.0. The molecule has 1 heterocycles. The fourth-order valence-electron chi connectivity index (χ4n) is 5.89. The summed E-state index contributed by atoms with van der Waals surface area (Å²) in [5, 5.41) is 15.6. The SMILES string of the molecule is CCCC(CCC)S(=O)(=O)C[C@H](NC(=O)[C@H]1CCC(=O)N1)C(=O)N(Cc1cccc(CC)c1)C[C@@H](O)[C@@H](N)Cc1cc(F)cc(F)c1. The highest BCUT2D eigenvalue weighted by atomic mass is 32.2. The molecule has 0 bridgehead atoms. The van der Waals surface area contributed by atoms with E-state index in [-0.39, 0.29) is 43.8 Å². The second-order valence-corrected chi connectivity index (χ2v) is 14.7. The third-order valence-corrected chi connectivity index (χ3v) is 10.7. The molecular weight excluding hydrogens is 630 g/mol. The van der Waals surface area contributed by atoms with Crippen LogP contribution in [-0.2, 0) is 43.6 Å². The molecule has 0 aliphatic carbocycles. The van der Waals surface area contributed by atoms with Crippen molar-refractivity contribution in [2.45, 2.75) is 108 Å². The number of carbonyl (C=O) groups excluding carboxylic acids is 3. The molecular formula is C34H48F2N4O6S. The number of rotatable bonds is 18. The van der Waals surface area contributed by atoms with E-state index in [1.807, 2.05) is 39.0 Å². The first kappa shape index (κ1) is 38.0. The normalized spacial score (nSPS) is 16.9. The van der Waals surface area contributed by atoms with Gasteiger partial charge in [-0.15, -0.1) is 0 Å². The molecule has 0 unspecified atom stereocenters. The highest BCUT2D eigenvalue weighted by Crippen LogP contribution is 2.20. The maximum atomic E-state index is 14.3. The first-order valence-electron chi connectivity index (χ1n) is 16.3. The number of sulfone groups is 1. The van der Waals surface area contributed by atoms with E-state index >= 15 is 0 Å². The Hall–Kier alpha value is -3.42. The molecule has 0 spiro atoms. The Morgan fingerprint density at radius 3 is 2.26 bits per heavy atom. The lowest BCUT2D eigenvalue weighted by Crippen LogP contribution is -2.57. The minimum absolute atomic E-state index is 0.0367. The van der Waals surface area contributed by atoms with Gasteiger partial charge in [0.15, 0.2) is 9.84 Å². The molecule has 1 aliphatic rings. The summed E-state index contributed by atoms with van der Waals surface area (Å²) < 4.78 is 55.0. The van der Waals surface area contributed by atoms with Crippen LogP contribution in [0.25, 0.3) is 0 Å². The van der Waals surface area contributed by atoms with E-state index < -0.39 is 68.5 Å². The zero-order valence-corrected chi connectivity index (χ0v) is 28.2. The lowest BCUT2D eigenvalue weighted by molar-refractivity contribution is -0.138. The lowest BCUT2D eigenvalue weighted by Gasteiger charge is -2.32. The Labute approximate surface area is 276 Å². The van der Waals surface area contributed by atoms with Gasteiger partial charge in [0.2, 0.25) is 17.7 Å². The Morgan fingerprint density at radius 2 is 1.68 bits per heavy atom. The average Bonchev–Trinajstić information content (AvgIpc) is 3.45. The Kier molecular flexibility index (Phi) is 14.3. The second kappa shape index (κ2) is 17.7. The van der Waals surface area contributed by atoms with Crippen molar-refractivity contribution in [3.8, 4) is 0 Å². The third kappa shape index (κ3) is 11.4. The summed E-state index contributed by atoms with van der Waals surface area (Å²) in [6.45, 7) is 5.33. The molecule has 10 nitrogen and oxygen atoms in total. The van der Waals surface area contributed by atoms with E-state index in [0.29, 0.717) is 31.2 Å². The average molecular weight is 679 g/mol. The fraction of sp³-hybridized carbons (Fsp3) is 0.559. The Bertz CT molecular complexity index is 1460. The molecule has 0 saturated carbocycles. The highest BCUT2D eigenvalue weighted by molar-refractivity contribution is 7.92. The number of hydrogen-bond donors (Lipinski definition) is 4. The number of halogens is 2. The van der Waals surface area contributed by atoms with Crippen LogP contribution in [0.4, 0.5) is 8.78 Å². The summed E-state index contributed by atoms with van der Waals surface area (Å²) in [6, 6.07) is 6.89. The van der Waals surface area contributed by atoms with E-state index in [1.165, 1.54) is 4.90 Å². The van der Waals surface area contributed by atoms with Crippen molar-refractivity contribution in [3.05, 3.63) is 70.8 Å². The number of nitrogens with two attached hydrogens (primary N) is 1. The molecule has 0 aromatic heterocycles. The molecule has 13 heteroatoms. The van der Waals surface area contributed by atoms with E-state index in [2.05, 4.69) is 10.6 Å². The van der Waals surface area contributed by atoms with Crippen LogP contribution in [0.1, 0.15) is 76.0 Å². The standard InChI is InChI=1S/C34H48F2N4O6S/c1-4-8-27(9-5-2)47(45,46)21-30(39-33(43)29-12-13-32(42)38-29)34(44)40(19-23-11-7-10-22(6-3)14-23)20-31(41)28(37)17-24-15-25(35)18-26(36)16-24/h7,10-11,14-16,18,27-31,41H,4-6,8-9,12-13,17,19-21,37H2,1-3H3,(H,38,42)(H,39,43)/t28-,29+,30-,31+/m0/s1. The molecule has 1 aliphatic heterocycles. The predicted octanol–water partition coefficient (Wildman–Crippen LogP) is 2.93. The van der Waals surface area contributed by atoms with Gasteiger partial charge in [-0.1, -0.05) is 57.9 Å². The van der Waals surface area contributed by atoms with Gasteiger partial charge >= 0.3 is 0 Å². The van der Waals surface area contributed by atoms with Gasteiger partial charge in [-0.2, -0.15) is 0 Å². The van der Waals surface area contributed by atoms with Crippen molar-refractivity contribution in [2.75, 3.05) is 12.3 Å². The van der Waals surface area contributed by atoms with Crippen molar-refractivity contribution in [1.82, 2.24) is 15.5 Å². The zero-order valence-electron chi connectivity index (χ0n) is 27.4. The van der Waals surface area contributed by atoms with Gasteiger partial charge in [-0.25, -0.2) is 17.2 Å². The summed E-state index contributed by atoms with van der Waals surface area (Å²) in [5.41, 5.74) is 8.17. The van der Waals surface area contributed by atoms with Gasteiger partial charge in [0.1, 0.15) is 23.7 Å². The van der Waals surface area contributed by atoms with E-state index in [1.54, 1.807) is 6.07 Å². The first-order valence-corrected chi connectivity index (χ1v) is 18.0. The van der Waals surface area contributed by atoms with Gasteiger partial charge in [0, 0.05) is 31.6 Å². The maximum absolute atomic E-state index is 14.3. The van der Waals surface area contributed by atoms with E-state index in [0.717, 1.165) is 30.2 Å². The van der Waals surface area contributed by atoms with E-state index in [9.17, 15) is 36.7 Å². The number of aryl methyl sites for hydroxylation is 1. The van der Waals surface area contributed by atoms with Crippen LogP contribution < -0.4 is 16.4 Å². The topological polar surface area (TPSA) is 159 Å². The van der Waals surface area contributed by atoms with E-state index in [4.69, 9.17) is 5.73 Å². The molecule has 1 fully saturated rings. The maximum Gasteiger partial charge on any atom is 0.246 e. The van der Waals surface area contributed by atoms with Crippen LogP contribution in [0, 0.1) is 11.6 Å². The van der Waals surface area contributed by atoms with Gasteiger partial charge in [0.05, 0.1) is 17.1 Å². The number of nitrogens with zero attached hydrogens (tertiary/aromatic N) is 1. The quantitative estimate of drug-likeness (QED) is 0.189. The fourth-order valence-corrected chi connectivity index (χ4v) is 8.05.